The Hall–Kier alpha value is -1.80. The van der Waals surface area contributed by atoms with Crippen molar-refractivity contribution in [2.24, 2.45) is 0 Å². The lowest BCUT2D eigenvalue weighted by molar-refractivity contribution is -0.121. The van der Waals surface area contributed by atoms with Crippen LogP contribution in [0.3, 0.4) is 0 Å². The maximum Gasteiger partial charge on any atom is 0.281 e. The Bertz CT molecular complexity index is 671. The third-order valence-corrected chi connectivity index (χ3v) is 5.36. The summed E-state index contributed by atoms with van der Waals surface area (Å²) in [5.41, 5.74) is 0.984. The van der Waals surface area contributed by atoms with Gasteiger partial charge in [-0.1, -0.05) is 35.2 Å². The molecular weight excluding hydrogens is 332 g/mol. The molecule has 1 saturated heterocycles. The molecule has 122 valence electrons. The standard InChI is InChI=1S/C15H18N4O2S2/c20-13(5-8-19-9-10-22-15(19)21)16-6-7-17-14-18-11-3-1-2-4-12(11)23-14/h1-4H,5-10H2,(H,16,20)(H,17,18). The number of anilines is 1. The second-order valence-corrected chi connectivity index (χ2v) is 7.19. The normalized spacial score (nSPS) is 14.4. The van der Waals surface area contributed by atoms with E-state index in [-0.39, 0.29) is 11.1 Å². The second kappa shape index (κ2) is 7.65. The molecule has 23 heavy (non-hydrogen) atoms. The van der Waals surface area contributed by atoms with Crippen LogP contribution in [-0.2, 0) is 4.79 Å². The Labute approximate surface area is 142 Å². The van der Waals surface area contributed by atoms with Gasteiger partial charge in [0.25, 0.3) is 5.24 Å². The van der Waals surface area contributed by atoms with Crippen molar-refractivity contribution in [3.05, 3.63) is 24.3 Å². The number of hydrogen-bond acceptors (Lipinski definition) is 6. The molecule has 1 aliphatic rings. The van der Waals surface area contributed by atoms with E-state index in [9.17, 15) is 9.59 Å². The van der Waals surface area contributed by atoms with Gasteiger partial charge < -0.3 is 15.5 Å². The Morgan fingerprint density at radius 3 is 2.96 bits per heavy atom. The smallest absolute Gasteiger partial charge is 0.281 e. The van der Waals surface area contributed by atoms with Gasteiger partial charge in [-0.15, -0.1) is 0 Å². The molecular formula is C15H18N4O2S2. The monoisotopic (exact) mass is 350 g/mol. The van der Waals surface area contributed by atoms with Crippen LogP contribution in [0, 0.1) is 0 Å². The molecule has 2 amide bonds. The molecule has 1 aliphatic heterocycles. The van der Waals surface area contributed by atoms with Gasteiger partial charge in [0.15, 0.2) is 5.13 Å². The molecule has 0 bridgehead atoms. The van der Waals surface area contributed by atoms with E-state index in [4.69, 9.17) is 0 Å². The number of thioether (sulfide) groups is 1. The van der Waals surface area contributed by atoms with E-state index in [0.29, 0.717) is 26.1 Å². The summed E-state index contributed by atoms with van der Waals surface area (Å²) in [6.07, 6.45) is 0.355. The van der Waals surface area contributed by atoms with E-state index in [2.05, 4.69) is 15.6 Å². The summed E-state index contributed by atoms with van der Waals surface area (Å²) in [5.74, 6) is 0.799. The van der Waals surface area contributed by atoms with Gasteiger partial charge in [-0.05, 0) is 12.1 Å². The molecule has 2 N–H and O–H groups in total. The maximum absolute atomic E-state index is 11.8. The Kier molecular flexibility index (Phi) is 5.35. The summed E-state index contributed by atoms with van der Waals surface area (Å²) in [6.45, 7) is 2.42. The largest absolute Gasteiger partial charge is 0.360 e. The van der Waals surface area contributed by atoms with Crippen LogP contribution in [-0.4, -0.2) is 53.0 Å². The maximum atomic E-state index is 11.8. The zero-order chi connectivity index (χ0) is 16.1. The minimum absolute atomic E-state index is 0.0270. The number of fused-ring (bicyclic) bond motifs is 1. The Morgan fingerprint density at radius 1 is 1.30 bits per heavy atom. The Morgan fingerprint density at radius 2 is 2.17 bits per heavy atom. The number of benzene rings is 1. The first-order valence-electron chi connectivity index (χ1n) is 7.50. The van der Waals surface area contributed by atoms with Crippen LogP contribution in [0.25, 0.3) is 10.2 Å². The first-order chi connectivity index (χ1) is 11.2. The van der Waals surface area contributed by atoms with Crippen LogP contribution in [0.2, 0.25) is 0 Å². The van der Waals surface area contributed by atoms with Gasteiger partial charge in [-0.3, -0.25) is 9.59 Å². The molecule has 0 spiro atoms. The van der Waals surface area contributed by atoms with Gasteiger partial charge >= 0.3 is 0 Å². The van der Waals surface area contributed by atoms with E-state index < -0.39 is 0 Å². The van der Waals surface area contributed by atoms with Gasteiger partial charge in [0.2, 0.25) is 5.91 Å². The number of aromatic nitrogens is 1. The predicted octanol–water partition coefficient (Wildman–Crippen LogP) is 2.38. The molecule has 1 aromatic heterocycles. The lowest BCUT2D eigenvalue weighted by Crippen LogP contribution is -2.33. The van der Waals surface area contributed by atoms with Crippen molar-refractivity contribution in [3.8, 4) is 0 Å². The SMILES string of the molecule is O=C(CCN1CCSC1=O)NCCNc1nc2ccccc2s1. The molecule has 3 rings (SSSR count). The molecule has 1 aromatic carbocycles. The fraction of sp³-hybridized carbons (Fsp3) is 0.400. The number of nitrogens with zero attached hydrogens (tertiary/aromatic N) is 2. The minimum Gasteiger partial charge on any atom is -0.360 e. The van der Waals surface area contributed by atoms with Gasteiger partial charge in [0, 0.05) is 38.4 Å². The summed E-state index contributed by atoms with van der Waals surface area (Å²) < 4.78 is 1.15. The summed E-state index contributed by atoms with van der Waals surface area (Å²) >= 11 is 2.92. The number of hydrogen-bond donors (Lipinski definition) is 2. The highest BCUT2D eigenvalue weighted by Gasteiger charge is 2.21. The topological polar surface area (TPSA) is 74.3 Å². The molecule has 0 radical (unpaired) electrons. The number of rotatable bonds is 7. The highest BCUT2D eigenvalue weighted by molar-refractivity contribution is 8.13. The molecule has 0 unspecified atom stereocenters. The molecule has 1 fully saturated rings. The van der Waals surface area contributed by atoms with E-state index in [1.54, 1.807) is 16.2 Å². The number of nitrogens with one attached hydrogen (secondary N) is 2. The number of para-hydroxylation sites is 1. The van der Waals surface area contributed by atoms with Crippen LogP contribution >= 0.6 is 23.1 Å². The molecule has 0 saturated carbocycles. The van der Waals surface area contributed by atoms with Crippen molar-refractivity contribution < 1.29 is 9.59 Å². The third-order valence-electron chi connectivity index (χ3n) is 3.47. The molecule has 2 aromatic rings. The highest BCUT2D eigenvalue weighted by atomic mass is 32.2. The van der Waals surface area contributed by atoms with E-state index in [1.807, 2.05) is 24.3 Å². The van der Waals surface area contributed by atoms with Crippen molar-refractivity contribution >= 4 is 49.6 Å². The van der Waals surface area contributed by atoms with Crippen LogP contribution in [0.1, 0.15) is 6.42 Å². The van der Waals surface area contributed by atoms with E-state index in [1.165, 1.54) is 11.8 Å². The van der Waals surface area contributed by atoms with Crippen molar-refractivity contribution in [1.82, 2.24) is 15.2 Å². The van der Waals surface area contributed by atoms with Crippen molar-refractivity contribution in [1.29, 1.82) is 0 Å². The zero-order valence-electron chi connectivity index (χ0n) is 12.6. The molecule has 8 heteroatoms. The summed E-state index contributed by atoms with van der Waals surface area (Å²) in [4.78, 5) is 29.4. The number of thiazole rings is 1. The fourth-order valence-electron chi connectivity index (χ4n) is 2.27. The van der Waals surface area contributed by atoms with Crippen molar-refractivity contribution in [2.75, 3.05) is 37.2 Å². The average Bonchev–Trinajstić information content (AvgIpc) is 3.15. The van der Waals surface area contributed by atoms with E-state index in [0.717, 1.165) is 27.6 Å². The van der Waals surface area contributed by atoms with Gasteiger partial charge in [0.05, 0.1) is 10.2 Å². The molecule has 0 aliphatic carbocycles. The lowest BCUT2D eigenvalue weighted by Gasteiger charge is -2.13. The average molecular weight is 350 g/mol. The van der Waals surface area contributed by atoms with Crippen molar-refractivity contribution in [3.63, 3.8) is 0 Å². The minimum atomic E-state index is -0.0270. The second-order valence-electron chi connectivity index (χ2n) is 5.11. The van der Waals surface area contributed by atoms with E-state index >= 15 is 0 Å². The number of carbonyl (C=O) groups is 2. The third kappa shape index (κ3) is 4.35. The molecule has 0 atom stereocenters. The van der Waals surface area contributed by atoms with Gasteiger partial charge in [-0.25, -0.2) is 4.98 Å². The van der Waals surface area contributed by atoms with Crippen LogP contribution in [0.4, 0.5) is 9.93 Å². The fourth-order valence-corrected chi connectivity index (χ4v) is 4.02. The van der Waals surface area contributed by atoms with Gasteiger partial charge in [-0.2, -0.15) is 0 Å². The first-order valence-corrected chi connectivity index (χ1v) is 9.30. The van der Waals surface area contributed by atoms with Crippen LogP contribution in [0.5, 0.6) is 0 Å². The zero-order valence-corrected chi connectivity index (χ0v) is 14.2. The summed E-state index contributed by atoms with van der Waals surface area (Å²) in [7, 11) is 0. The molecule has 6 nitrogen and oxygen atoms in total. The van der Waals surface area contributed by atoms with Crippen LogP contribution in [0.15, 0.2) is 24.3 Å². The summed E-state index contributed by atoms with van der Waals surface area (Å²) in [5, 5.41) is 7.01. The number of amides is 2. The lowest BCUT2D eigenvalue weighted by atomic mass is 10.3. The quantitative estimate of drug-likeness (QED) is 0.750. The van der Waals surface area contributed by atoms with Crippen molar-refractivity contribution in [2.45, 2.75) is 6.42 Å². The Balaban J connectivity index is 1.34. The highest BCUT2D eigenvalue weighted by Crippen LogP contribution is 2.24. The predicted molar refractivity (Wildman–Crippen MR) is 95.2 cm³/mol. The van der Waals surface area contributed by atoms with Gasteiger partial charge in [0.1, 0.15) is 0 Å². The first kappa shape index (κ1) is 16.1. The summed E-state index contributed by atoms with van der Waals surface area (Å²) in [6, 6.07) is 7.98. The number of carbonyl (C=O) groups excluding carboxylic acids is 2. The van der Waals surface area contributed by atoms with Crippen LogP contribution < -0.4 is 10.6 Å². The molecule has 2 heterocycles.